The highest BCUT2D eigenvalue weighted by atomic mass is 35.5. The van der Waals surface area contributed by atoms with E-state index in [-0.39, 0.29) is 36.4 Å². The van der Waals surface area contributed by atoms with Gasteiger partial charge in [0, 0.05) is 21.5 Å². The summed E-state index contributed by atoms with van der Waals surface area (Å²) in [6, 6.07) is 5.36. The van der Waals surface area contributed by atoms with Gasteiger partial charge in [0.2, 0.25) is 0 Å². The Bertz CT molecular complexity index is 613. The Hall–Kier alpha value is -0.143. The van der Waals surface area contributed by atoms with E-state index in [1.54, 1.807) is 18.2 Å². The van der Waals surface area contributed by atoms with Crippen LogP contribution in [0.4, 0.5) is 0 Å². The van der Waals surface area contributed by atoms with E-state index in [0.717, 1.165) is 5.56 Å². The van der Waals surface area contributed by atoms with Gasteiger partial charge in [-0.05, 0) is 30.3 Å². The number of aliphatic hydroxyl groups excluding tert-OH is 1. The summed E-state index contributed by atoms with van der Waals surface area (Å²) >= 11 is 12.3. The van der Waals surface area contributed by atoms with E-state index in [1.165, 1.54) is 0 Å². The number of aliphatic hydroxyl groups is 1. The standard InChI is InChI=1S/C20H32Cl2O4Si/c1-13-17(12-25-27(5,6)20(2,3)4)26-18(19(13)23)11-24-10-14-15(21)8-7-9-16(14)22/h7-9,13,17-19,23H,10-12H2,1-6H3/t13-,17-,18+,19-/m0/s1. The molecule has 1 fully saturated rings. The lowest BCUT2D eigenvalue weighted by atomic mass is 9.99. The van der Waals surface area contributed by atoms with Crippen LogP contribution in [0.1, 0.15) is 33.3 Å². The van der Waals surface area contributed by atoms with Crippen LogP contribution >= 0.6 is 23.2 Å². The number of hydrogen-bond acceptors (Lipinski definition) is 4. The minimum atomic E-state index is -1.85. The van der Waals surface area contributed by atoms with Crippen molar-refractivity contribution in [2.24, 2.45) is 5.92 Å². The maximum atomic E-state index is 10.5. The first-order valence-corrected chi connectivity index (χ1v) is 13.1. The fourth-order valence-corrected chi connectivity index (χ4v) is 4.29. The van der Waals surface area contributed by atoms with Crippen LogP contribution in [-0.2, 0) is 20.5 Å². The summed E-state index contributed by atoms with van der Waals surface area (Å²) in [5.74, 6) is -0.00716. The predicted molar refractivity (Wildman–Crippen MR) is 113 cm³/mol. The number of halogens is 2. The first-order chi connectivity index (χ1) is 12.4. The first kappa shape index (κ1) is 23.1. The van der Waals surface area contributed by atoms with E-state index >= 15 is 0 Å². The molecule has 1 aliphatic heterocycles. The van der Waals surface area contributed by atoms with Crippen molar-refractivity contribution in [2.45, 2.75) is 70.7 Å². The summed E-state index contributed by atoms with van der Waals surface area (Å²) in [7, 11) is -1.85. The molecule has 4 nitrogen and oxygen atoms in total. The lowest BCUT2D eigenvalue weighted by Gasteiger charge is -2.37. The van der Waals surface area contributed by atoms with E-state index < -0.39 is 14.4 Å². The molecule has 1 heterocycles. The molecule has 0 saturated carbocycles. The van der Waals surface area contributed by atoms with Crippen molar-refractivity contribution in [3.8, 4) is 0 Å². The predicted octanol–water partition coefficient (Wildman–Crippen LogP) is 5.30. The van der Waals surface area contributed by atoms with Gasteiger partial charge >= 0.3 is 0 Å². The van der Waals surface area contributed by atoms with E-state index in [2.05, 4.69) is 33.9 Å². The highest BCUT2D eigenvalue weighted by Gasteiger charge is 2.43. The summed E-state index contributed by atoms with van der Waals surface area (Å²) < 4.78 is 18.1. The van der Waals surface area contributed by atoms with Crippen LogP contribution in [-0.4, -0.2) is 44.9 Å². The Morgan fingerprint density at radius 3 is 2.26 bits per heavy atom. The summed E-state index contributed by atoms with van der Waals surface area (Å²) in [6.07, 6.45) is -1.10. The minimum Gasteiger partial charge on any atom is -0.414 e. The monoisotopic (exact) mass is 434 g/mol. The van der Waals surface area contributed by atoms with Crippen LogP contribution < -0.4 is 0 Å². The smallest absolute Gasteiger partial charge is 0.192 e. The molecule has 154 valence electrons. The molecule has 27 heavy (non-hydrogen) atoms. The van der Waals surface area contributed by atoms with Gasteiger partial charge in [0.15, 0.2) is 8.32 Å². The molecule has 1 N–H and O–H groups in total. The molecule has 1 aliphatic rings. The van der Waals surface area contributed by atoms with E-state index in [4.69, 9.17) is 37.1 Å². The molecule has 1 saturated heterocycles. The van der Waals surface area contributed by atoms with Crippen molar-refractivity contribution in [1.82, 2.24) is 0 Å². The lowest BCUT2D eigenvalue weighted by molar-refractivity contribution is -0.0568. The van der Waals surface area contributed by atoms with Gasteiger partial charge in [0.25, 0.3) is 0 Å². The third kappa shape index (κ3) is 5.69. The fraction of sp³-hybridized carbons (Fsp3) is 0.700. The normalized spacial score (nSPS) is 26.6. The molecule has 0 radical (unpaired) electrons. The SMILES string of the molecule is C[C@@H]1[C@H](O)[C@@H](COCc2c(Cl)cccc2Cl)O[C@H]1CO[Si](C)(C)C(C)(C)C. The molecule has 4 atom stereocenters. The molecule has 1 aromatic rings. The van der Waals surface area contributed by atoms with Crippen molar-refractivity contribution in [1.29, 1.82) is 0 Å². The maximum absolute atomic E-state index is 10.5. The van der Waals surface area contributed by atoms with Crippen LogP contribution in [0.3, 0.4) is 0 Å². The van der Waals surface area contributed by atoms with Gasteiger partial charge in [-0.2, -0.15) is 0 Å². The van der Waals surface area contributed by atoms with Crippen LogP contribution in [0, 0.1) is 5.92 Å². The summed E-state index contributed by atoms with van der Waals surface area (Å²) in [6.45, 7) is 14.1. The molecule has 2 rings (SSSR count). The number of ether oxygens (including phenoxy) is 2. The average Bonchev–Trinajstić information content (AvgIpc) is 2.83. The molecule has 0 aromatic heterocycles. The Balaban J connectivity index is 1.87. The topological polar surface area (TPSA) is 47.9 Å². The molecule has 1 aromatic carbocycles. The van der Waals surface area contributed by atoms with Gasteiger partial charge in [-0.25, -0.2) is 0 Å². The third-order valence-electron chi connectivity index (χ3n) is 5.86. The Morgan fingerprint density at radius 1 is 1.11 bits per heavy atom. The minimum absolute atomic E-state index is 0.00716. The molecule has 7 heteroatoms. The highest BCUT2D eigenvalue weighted by Crippen LogP contribution is 2.37. The molecule has 0 spiro atoms. The molecule has 0 bridgehead atoms. The Morgan fingerprint density at radius 2 is 1.70 bits per heavy atom. The maximum Gasteiger partial charge on any atom is 0.192 e. The van der Waals surface area contributed by atoms with Gasteiger partial charge in [0.05, 0.1) is 32.0 Å². The second-order valence-corrected chi connectivity index (χ2v) is 14.5. The van der Waals surface area contributed by atoms with Gasteiger partial charge in [-0.15, -0.1) is 0 Å². The molecule has 0 amide bonds. The van der Waals surface area contributed by atoms with Gasteiger partial charge < -0.3 is 19.0 Å². The second kappa shape index (κ2) is 9.12. The summed E-state index contributed by atoms with van der Waals surface area (Å²) in [5.41, 5.74) is 0.749. The average molecular weight is 435 g/mol. The van der Waals surface area contributed by atoms with E-state index in [1.807, 2.05) is 6.92 Å². The zero-order valence-corrected chi connectivity index (χ0v) is 19.6. The second-order valence-electron chi connectivity index (χ2n) is 8.85. The van der Waals surface area contributed by atoms with E-state index in [0.29, 0.717) is 16.7 Å². The van der Waals surface area contributed by atoms with Gasteiger partial charge in [0.1, 0.15) is 6.10 Å². The third-order valence-corrected chi connectivity index (χ3v) is 11.1. The largest absolute Gasteiger partial charge is 0.414 e. The van der Waals surface area contributed by atoms with Crippen LogP contribution in [0.5, 0.6) is 0 Å². The number of benzene rings is 1. The molecular weight excluding hydrogens is 403 g/mol. The van der Waals surface area contributed by atoms with Crippen LogP contribution in [0.2, 0.25) is 28.2 Å². The Labute approximate surface area is 174 Å². The van der Waals surface area contributed by atoms with E-state index in [9.17, 15) is 5.11 Å². The molecule has 0 aliphatic carbocycles. The van der Waals surface area contributed by atoms with Crippen LogP contribution in [0.15, 0.2) is 18.2 Å². The first-order valence-electron chi connectivity index (χ1n) is 9.42. The lowest BCUT2D eigenvalue weighted by Crippen LogP contribution is -2.43. The number of rotatable bonds is 7. The fourth-order valence-electron chi connectivity index (χ4n) is 2.77. The van der Waals surface area contributed by atoms with Gasteiger partial charge in [-0.1, -0.05) is 57.0 Å². The van der Waals surface area contributed by atoms with Crippen molar-refractivity contribution in [2.75, 3.05) is 13.2 Å². The quantitative estimate of drug-likeness (QED) is 0.591. The van der Waals surface area contributed by atoms with Crippen molar-refractivity contribution >= 4 is 31.5 Å². The molecule has 0 unspecified atom stereocenters. The van der Waals surface area contributed by atoms with Crippen molar-refractivity contribution in [3.63, 3.8) is 0 Å². The Kier molecular flexibility index (Phi) is 7.81. The summed E-state index contributed by atoms with van der Waals surface area (Å²) in [4.78, 5) is 0. The zero-order valence-electron chi connectivity index (χ0n) is 17.1. The molecular formula is C20H32Cl2O4Si. The van der Waals surface area contributed by atoms with Gasteiger partial charge in [-0.3, -0.25) is 0 Å². The van der Waals surface area contributed by atoms with Crippen LogP contribution in [0.25, 0.3) is 0 Å². The number of hydrogen-bond donors (Lipinski definition) is 1. The van der Waals surface area contributed by atoms with Crippen molar-refractivity contribution in [3.05, 3.63) is 33.8 Å². The van der Waals surface area contributed by atoms with Crippen molar-refractivity contribution < 1.29 is 19.0 Å². The zero-order chi connectivity index (χ0) is 20.4. The highest BCUT2D eigenvalue weighted by molar-refractivity contribution is 6.74. The summed E-state index contributed by atoms with van der Waals surface area (Å²) in [5, 5.41) is 11.8.